The Hall–Kier alpha value is -1.56. The van der Waals surface area contributed by atoms with Gasteiger partial charge in [-0.3, -0.25) is 10.1 Å². The average molecular weight is 362 g/mol. The van der Waals surface area contributed by atoms with Gasteiger partial charge in [-0.05, 0) is 37.3 Å². The van der Waals surface area contributed by atoms with E-state index in [1.807, 2.05) is 18.7 Å². The predicted octanol–water partition coefficient (Wildman–Crippen LogP) is 5.30. The summed E-state index contributed by atoms with van der Waals surface area (Å²) in [7, 11) is 0. The number of non-ortho nitro benzene ring substituents is 1. The Kier molecular flexibility index (Phi) is 5.37. The van der Waals surface area contributed by atoms with Gasteiger partial charge in [-0.2, -0.15) is 0 Å². The molecule has 0 aromatic heterocycles. The molecule has 1 aromatic rings. The van der Waals surface area contributed by atoms with Crippen LogP contribution in [0.3, 0.4) is 0 Å². The van der Waals surface area contributed by atoms with Crippen LogP contribution in [0.2, 0.25) is 0 Å². The number of aryl methyl sites for hydroxylation is 1. The van der Waals surface area contributed by atoms with Gasteiger partial charge >= 0.3 is 0 Å². The molecule has 136 valence electrons. The molecule has 5 nitrogen and oxygen atoms in total. The maximum atomic E-state index is 10.9. The van der Waals surface area contributed by atoms with Crippen molar-refractivity contribution in [3.05, 3.63) is 33.9 Å². The van der Waals surface area contributed by atoms with Crippen molar-refractivity contribution in [2.45, 2.75) is 58.4 Å². The Morgan fingerprint density at radius 3 is 2.64 bits per heavy atom. The molecule has 2 aliphatic rings. The minimum absolute atomic E-state index is 0.128. The van der Waals surface area contributed by atoms with E-state index in [2.05, 4.69) is 18.7 Å². The van der Waals surface area contributed by atoms with Gasteiger partial charge in [0.1, 0.15) is 0 Å². The Morgan fingerprint density at radius 2 is 2.04 bits per heavy atom. The second-order valence-electron chi connectivity index (χ2n) is 7.70. The SMILES string of the molecule is Cc1cc([N+](=O)[O-])ccc1N=C1SCC2(CCCCC2)N1CC(C)C. The van der Waals surface area contributed by atoms with Gasteiger partial charge in [0.2, 0.25) is 0 Å². The third-order valence-electron chi connectivity index (χ3n) is 5.21. The van der Waals surface area contributed by atoms with Crippen LogP contribution >= 0.6 is 11.8 Å². The number of thioether (sulfide) groups is 1. The number of amidine groups is 1. The highest BCUT2D eigenvalue weighted by molar-refractivity contribution is 8.14. The number of benzene rings is 1. The fourth-order valence-corrected chi connectivity index (χ4v) is 5.32. The number of hydrogen-bond donors (Lipinski definition) is 0. The highest BCUT2D eigenvalue weighted by Gasteiger charge is 2.45. The van der Waals surface area contributed by atoms with E-state index >= 15 is 0 Å². The lowest BCUT2D eigenvalue weighted by atomic mass is 9.81. The first-order valence-electron chi connectivity index (χ1n) is 9.15. The largest absolute Gasteiger partial charge is 0.344 e. The molecular formula is C19H27N3O2S. The monoisotopic (exact) mass is 361 g/mol. The van der Waals surface area contributed by atoms with Crippen molar-refractivity contribution >= 4 is 28.3 Å². The highest BCUT2D eigenvalue weighted by Crippen LogP contribution is 2.44. The van der Waals surface area contributed by atoms with E-state index in [-0.39, 0.29) is 16.1 Å². The maximum absolute atomic E-state index is 10.9. The highest BCUT2D eigenvalue weighted by atomic mass is 32.2. The minimum atomic E-state index is -0.351. The smallest absolute Gasteiger partial charge is 0.269 e. The van der Waals surface area contributed by atoms with Crippen LogP contribution in [-0.4, -0.2) is 32.8 Å². The summed E-state index contributed by atoms with van der Waals surface area (Å²) in [6, 6.07) is 4.94. The Morgan fingerprint density at radius 1 is 1.32 bits per heavy atom. The van der Waals surface area contributed by atoms with Crippen molar-refractivity contribution in [1.82, 2.24) is 4.90 Å². The molecule has 1 aliphatic heterocycles. The summed E-state index contributed by atoms with van der Waals surface area (Å²) in [6.45, 7) is 7.44. The molecule has 1 saturated heterocycles. The number of hydrogen-bond acceptors (Lipinski definition) is 4. The topological polar surface area (TPSA) is 58.7 Å². The van der Waals surface area contributed by atoms with Crippen LogP contribution in [0.15, 0.2) is 23.2 Å². The summed E-state index contributed by atoms with van der Waals surface area (Å²) in [6.07, 6.45) is 6.46. The summed E-state index contributed by atoms with van der Waals surface area (Å²) in [4.78, 5) is 18.1. The van der Waals surface area contributed by atoms with Crippen LogP contribution in [0.4, 0.5) is 11.4 Å². The normalized spacial score (nSPS) is 21.4. The molecule has 1 aliphatic carbocycles. The summed E-state index contributed by atoms with van der Waals surface area (Å²) in [5, 5.41) is 12.0. The molecule has 0 amide bonds. The van der Waals surface area contributed by atoms with Gasteiger partial charge in [-0.1, -0.05) is 44.9 Å². The molecule has 0 radical (unpaired) electrons. The van der Waals surface area contributed by atoms with Crippen LogP contribution in [0.25, 0.3) is 0 Å². The second kappa shape index (κ2) is 7.36. The van der Waals surface area contributed by atoms with Crippen LogP contribution in [0, 0.1) is 23.0 Å². The molecule has 6 heteroatoms. The maximum Gasteiger partial charge on any atom is 0.269 e. The van der Waals surface area contributed by atoms with Crippen LogP contribution < -0.4 is 0 Å². The lowest BCUT2D eigenvalue weighted by molar-refractivity contribution is -0.384. The summed E-state index contributed by atoms with van der Waals surface area (Å²) < 4.78 is 0. The minimum Gasteiger partial charge on any atom is -0.344 e. The van der Waals surface area contributed by atoms with Gasteiger partial charge in [0.15, 0.2) is 5.17 Å². The third kappa shape index (κ3) is 3.84. The van der Waals surface area contributed by atoms with E-state index in [4.69, 9.17) is 4.99 Å². The van der Waals surface area contributed by atoms with E-state index in [0.29, 0.717) is 5.92 Å². The molecule has 1 saturated carbocycles. The van der Waals surface area contributed by atoms with Crippen molar-refractivity contribution in [2.24, 2.45) is 10.9 Å². The Bertz CT molecular complexity index is 681. The molecule has 1 aromatic carbocycles. The fourth-order valence-electron chi connectivity index (χ4n) is 3.89. The molecule has 1 spiro atoms. The Balaban J connectivity index is 1.92. The van der Waals surface area contributed by atoms with Gasteiger partial charge in [0.25, 0.3) is 5.69 Å². The molecule has 0 bridgehead atoms. The first-order valence-corrected chi connectivity index (χ1v) is 10.1. The van der Waals surface area contributed by atoms with Crippen LogP contribution in [-0.2, 0) is 0 Å². The standard InChI is InChI=1S/C19H27N3O2S/c1-14(2)12-21-18(25-13-19(21)9-5-4-6-10-19)20-17-8-7-16(22(23)24)11-15(17)3/h7-8,11,14H,4-6,9-10,12-13H2,1-3H3. The van der Waals surface area contributed by atoms with Crippen molar-refractivity contribution < 1.29 is 4.92 Å². The molecule has 3 rings (SSSR count). The number of rotatable bonds is 4. The van der Waals surface area contributed by atoms with Gasteiger partial charge < -0.3 is 4.90 Å². The molecule has 0 unspecified atom stereocenters. The first-order chi connectivity index (χ1) is 11.9. The zero-order chi connectivity index (χ0) is 18.0. The molecule has 0 atom stereocenters. The van der Waals surface area contributed by atoms with E-state index in [1.165, 1.54) is 32.1 Å². The van der Waals surface area contributed by atoms with E-state index in [9.17, 15) is 10.1 Å². The molecule has 0 N–H and O–H groups in total. The zero-order valence-corrected chi connectivity index (χ0v) is 16.1. The summed E-state index contributed by atoms with van der Waals surface area (Å²) in [5.41, 5.74) is 2.09. The molecular weight excluding hydrogens is 334 g/mol. The van der Waals surface area contributed by atoms with Crippen molar-refractivity contribution in [1.29, 1.82) is 0 Å². The van der Waals surface area contributed by atoms with Crippen molar-refractivity contribution in [2.75, 3.05) is 12.3 Å². The van der Waals surface area contributed by atoms with Crippen LogP contribution in [0.5, 0.6) is 0 Å². The van der Waals surface area contributed by atoms with Gasteiger partial charge in [0.05, 0.1) is 16.1 Å². The van der Waals surface area contributed by atoms with Crippen LogP contribution in [0.1, 0.15) is 51.5 Å². The first kappa shape index (κ1) is 18.2. The van der Waals surface area contributed by atoms with Gasteiger partial charge in [-0.25, -0.2) is 4.99 Å². The number of aliphatic imine (C=N–C) groups is 1. The van der Waals surface area contributed by atoms with Gasteiger partial charge in [-0.15, -0.1) is 0 Å². The van der Waals surface area contributed by atoms with Crippen molar-refractivity contribution in [3.8, 4) is 0 Å². The zero-order valence-electron chi connectivity index (χ0n) is 15.3. The number of nitrogens with zero attached hydrogens (tertiary/aromatic N) is 3. The van der Waals surface area contributed by atoms with E-state index < -0.39 is 0 Å². The third-order valence-corrected chi connectivity index (χ3v) is 6.46. The van der Waals surface area contributed by atoms with E-state index in [1.54, 1.807) is 18.2 Å². The van der Waals surface area contributed by atoms with Crippen molar-refractivity contribution in [3.63, 3.8) is 0 Å². The number of nitro benzene ring substituents is 1. The molecule has 1 heterocycles. The van der Waals surface area contributed by atoms with Gasteiger partial charge in [0, 0.05) is 24.4 Å². The lowest BCUT2D eigenvalue weighted by Crippen LogP contribution is -2.50. The van der Waals surface area contributed by atoms with E-state index in [0.717, 1.165) is 28.7 Å². The second-order valence-corrected chi connectivity index (χ2v) is 8.64. The average Bonchev–Trinajstić information content (AvgIpc) is 2.87. The molecule has 25 heavy (non-hydrogen) atoms. The quantitative estimate of drug-likeness (QED) is 0.539. The predicted molar refractivity (Wildman–Crippen MR) is 105 cm³/mol. The molecule has 2 fully saturated rings. The Labute approximate surface area is 154 Å². The number of nitro groups is 1. The summed E-state index contributed by atoms with van der Waals surface area (Å²) >= 11 is 1.85. The summed E-state index contributed by atoms with van der Waals surface area (Å²) in [5.74, 6) is 1.70. The fraction of sp³-hybridized carbons (Fsp3) is 0.632. The lowest BCUT2D eigenvalue weighted by Gasteiger charge is -2.42.